The maximum absolute atomic E-state index is 13.8. The van der Waals surface area contributed by atoms with Crippen molar-refractivity contribution in [3.63, 3.8) is 0 Å². The molecule has 1 aliphatic heterocycles. The molecular weight excluding hydrogens is 663 g/mol. The van der Waals surface area contributed by atoms with Crippen molar-refractivity contribution >= 4 is 27.0 Å². The second-order valence-corrected chi connectivity index (χ2v) is 12.7. The number of sulfonamides is 1. The normalized spacial score (nSPS) is 15.6. The van der Waals surface area contributed by atoms with Crippen LogP contribution in [0.2, 0.25) is 0 Å². The van der Waals surface area contributed by atoms with Gasteiger partial charge in [-0.25, -0.2) is 8.42 Å². The molecule has 1 aromatic carbocycles. The van der Waals surface area contributed by atoms with Crippen LogP contribution in [-0.4, -0.2) is 89.5 Å². The smallest absolute Gasteiger partial charge is 0.312 e. The third-order valence-electron chi connectivity index (χ3n) is 7.27. The van der Waals surface area contributed by atoms with Gasteiger partial charge in [0.2, 0.25) is 16.8 Å². The summed E-state index contributed by atoms with van der Waals surface area (Å²) in [6, 6.07) is 4.66. The van der Waals surface area contributed by atoms with Crippen LogP contribution in [0.3, 0.4) is 0 Å². The molecule has 0 spiro atoms. The molecule has 14 heteroatoms. The molecule has 1 aliphatic rings. The summed E-state index contributed by atoms with van der Waals surface area (Å²) < 4.78 is 42.4. The number of aromatic nitrogens is 4. The molecule has 4 rings (SSSR count). The number of hydrogen-bond donors (Lipinski definition) is 1. The number of carbonyl (C=O) groups is 1. The van der Waals surface area contributed by atoms with Crippen molar-refractivity contribution in [2.75, 3.05) is 46.6 Å². The zero-order valence-electron chi connectivity index (χ0n) is 24.4. The Morgan fingerprint density at radius 1 is 1.20 bits per heavy atom. The number of halogens is 1. The van der Waals surface area contributed by atoms with Gasteiger partial charge in [0, 0.05) is 7.05 Å². The Kier molecular flexibility index (Phi) is 10.6. The summed E-state index contributed by atoms with van der Waals surface area (Å²) in [7, 11) is -0.125. The van der Waals surface area contributed by atoms with Gasteiger partial charge in [0.15, 0.2) is 5.52 Å². The number of benzene rings is 1. The van der Waals surface area contributed by atoms with Crippen LogP contribution in [0.4, 0.5) is 0 Å². The number of aryl methyl sites for hydroxylation is 2. The van der Waals surface area contributed by atoms with Gasteiger partial charge in [0.1, 0.15) is 11.6 Å². The van der Waals surface area contributed by atoms with E-state index in [0.29, 0.717) is 53.3 Å². The van der Waals surface area contributed by atoms with Crippen LogP contribution in [0.25, 0.3) is 22.4 Å². The predicted octanol–water partition coefficient (Wildman–Crippen LogP) is -0.714. The fourth-order valence-electron chi connectivity index (χ4n) is 4.84. The SMILES string of the molecule is CCCc1[nH]nc2c(=O)nc(-c3cc(S(=O)(=O)N4CC[N+](C)(COC(=O)C(C)C)CC4)ccc3OCC)n(C)c12.[I-]. The molecule has 0 saturated carbocycles. The van der Waals surface area contributed by atoms with Gasteiger partial charge in [-0.2, -0.15) is 14.4 Å². The quantitative estimate of drug-likeness (QED) is 0.166. The van der Waals surface area contributed by atoms with Crippen molar-refractivity contribution < 1.29 is 51.1 Å². The number of aromatic amines is 1. The predicted molar refractivity (Wildman–Crippen MR) is 150 cm³/mol. The van der Waals surface area contributed by atoms with E-state index in [1.165, 1.54) is 16.4 Å². The molecule has 226 valence electrons. The molecule has 1 saturated heterocycles. The molecule has 0 amide bonds. The fraction of sp³-hybridized carbons (Fsp3) is 0.556. The van der Waals surface area contributed by atoms with Crippen molar-refractivity contribution in [2.24, 2.45) is 13.0 Å². The number of fused-ring (bicyclic) bond motifs is 1. The topological polar surface area (TPSA) is 136 Å². The van der Waals surface area contributed by atoms with Gasteiger partial charge in [-0.1, -0.05) is 27.2 Å². The Morgan fingerprint density at radius 2 is 1.88 bits per heavy atom. The molecular formula is C27H39IN6O6S. The minimum absolute atomic E-state index is 0. The third kappa shape index (κ3) is 6.75. The number of ether oxygens (including phenoxy) is 2. The van der Waals surface area contributed by atoms with Gasteiger partial charge in [-0.15, -0.1) is 0 Å². The van der Waals surface area contributed by atoms with E-state index in [1.807, 2.05) is 20.9 Å². The molecule has 0 radical (unpaired) electrons. The summed E-state index contributed by atoms with van der Waals surface area (Å²) in [6.45, 7) is 9.54. The summed E-state index contributed by atoms with van der Waals surface area (Å²) in [5.41, 5.74) is 1.61. The lowest BCUT2D eigenvalue weighted by Crippen LogP contribution is -3.00. The maximum Gasteiger partial charge on any atom is 0.312 e. The first-order valence-electron chi connectivity index (χ1n) is 13.6. The highest BCUT2D eigenvalue weighted by Crippen LogP contribution is 2.33. The van der Waals surface area contributed by atoms with E-state index in [4.69, 9.17) is 9.47 Å². The van der Waals surface area contributed by atoms with Crippen LogP contribution < -0.4 is 34.3 Å². The Balaban J connectivity index is 0.00000462. The molecule has 12 nitrogen and oxygen atoms in total. The second-order valence-electron chi connectivity index (χ2n) is 10.8. The molecule has 1 fully saturated rings. The van der Waals surface area contributed by atoms with E-state index in [1.54, 1.807) is 31.5 Å². The first-order valence-corrected chi connectivity index (χ1v) is 15.1. The molecule has 1 N–H and O–H groups in total. The number of nitrogens with zero attached hydrogens (tertiary/aromatic N) is 5. The van der Waals surface area contributed by atoms with Gasteiger partial charge in [0.05, 0.1) is 67.4 Å². The van der Waals surface area contributed by atoms with Crippen molar-refractivity contribution in [1.29, 1.82) is 0 Å². The minimum atomic E-state index is -3.86. The standard InChI is InChI=1S/C27H38N6O6S.HI/c1-7-9-21-24-23(30-29-21)26(34)28-25(31(24)5)20-16-19(10-11-22(20)38-8-2)40(36,37)32-12-14-33(6,15-13-32)17-39-27(35)18(3)4;/h10-11,16,18H,7-9,12-15,17H2,1-6H3;1H. The van der Waals surface area contributed by atoms with Gasteiger partial charge >= 0.3 is 11.5 Å². The van der Waals surface area contributed by atoms with Crippen molar-refractivity contribution in [3.8, 4) is 17.1 Å². The van der Waals surface area contributed by atoms with Crippen LogP contribution >= 0.6 is 0 Å². The first-order chi connectivity index (χ1) is 18.9. The molecule has 3 aromatic rings. The Hall–Kier alpha value is -2.56. The van der Waals surface area contributed by atoms with E-state index >= 15 is 0 Å². The van der Waals surface area contributed by atoms with Crippen LogP contribution in [0, 0.1) is 5.92 Å². The number of H-pyrrole nitrogens is 1. The molecule has 3 heterocycles. The lowest BCUT2D eigenvalue weighted by Gasteiger charge is -2.40. The minimum Gasteiger partial charge on any atom is -1.00 e. The van der Waals surface area contributed by atoms with Crippen LogP contribution in [0.15, 0.2) is 27.9 Å². The summed E-state index contributed by atoms with van der Waals surface area (Å²) in [4.78, 5) is 29.2. The van der Waals surface area contributed by atoms with Gasteiger partial charge in [0.25, 0.3) is 0 Å². The molecule has 0 aliphatic carbocycles. The van der Waals surface area contributed by atoms with E-state index in [2.05, 4.69) is 15.2 Å². The second kappa shape index (κ2) is 13.2. The lowest BCUT2D eigenvalue weighted by molar-refractivity contribution is -0.928. The number of nitrogens with one attached hydrogen (secondary N) is 1. The van der Waals surface area contributed by atoms with Crippen LogP contribution in [0.1, 0.15) is 39.8 Å². The van der Waals surface area contributed by atoms with Gasteiger partial charge in [-0.3, -0.25) is 19.2 Å². The molecule has 0 atom stereocenters. The largest absolute Gasteiger partial charge is 1.00 e. The highest BCUT2D eigenvalue weighted by molar-refractivity contribution is 7.89. The number of carbonyl (C=O) groups excluding carboxylic acids is 1. The van der Waals surface area contributed by atoms with E-state index in [-0.39, 0.29) is 66.1 Å². The molecule has 0 unspecified atom stereocenters. The zero-order chi connectivity index (χ0) is 29.2. The summed E-state index contributed by atoms with van der Waals surface area (Å²) >= 11 is 0. The Bertz CT molecular complexity index is 1560. The van der Waals surface area contributed by atoms with Gasteiger partial charge < -0.3 is 38.0 Å². The van der Waals surface area contributed by atoms with Crippen molar-refractivity contribution in [3.05, 3.63) is 34.2 Å². The van der Waals surface area contributed by atoms with E-state index in [9.17, 15) is 18.0 Å². The highest BCUT2D eigenvalue weighted by Gasteiger charge is 2.36. The number of esters is 1. The summed E-state index contributed by atoms with van der Waals surface area (Å²) in [5, 5.41) is 7.12. The van der Waals surface area contributed by atoms with E-state index < -0.39 is 15.6 Å². The van der Waals surface area contributed by atoms with E-state index in [0.717, 1.165) is 12.1 Å². The maximum atomic E-state index is 13.8. The summed E-state index contributed by atoms with van der Waals surface area (Å²) in [5.74, 6) is 0.239. The number of rotatable bonds is 10. The number of hydrogen-bond acceptors (Lipinski definition) is 8. The average molecular weight is 703 g/mol. The van der Waals surface area contributed by atoms with Gasteiger partial charge in [-0.05, 0) is 31.5 Å². The van der Waals surface area contributed by atoms with Crippen molar-refractivity contribution in [2.45, 2.75) is 45.4 Å². The van der Waals surface area contributed by atoms with Crippen LogP contribution in [-0.2, 0) is 33.0 Å². The molecule has 2 aromatic heterocycles. The Morgan fingerprint density at radius 3 is 2.49 bits per heavy atom. The Labute approximate surface area is 257 Å². The first kappa shape index (κ1) is 32.9. The zero-order valence-corrected chi connectivity index (χ0v) is 27.4. The number of piperazine rings is 1. The molecule has 41 heavy (non-hydrogen) atoms. The monoisotopic (exact) mass is 702 g/mol. The third-order valence-corrected chi connectivity index (χ3v) is 9.17. The summed E-state index contributed by atoms with van der Waals surface area (Å²) in [6.07, 6.45) is 1.55. The number of likely N-dealkylation sites (N-methyl/N-ethyl adjacent to an activating group) is 1. The van der Waals surface area contributed by atoms with Crippen molar-refractivity contribution in [1.82, 2.24) is 24.1 Å². The highest BCUT2D eigenvalue weighted by atomic mass is 127. The molecule has 0 bridgehead atoms. The fourth-order valence-corrected chi connectivity index (χ4v) is 6.29. The average Bonchev–Trinajstić information content (AvgIpc) is 3.35. The number of quaternary nitrogens is 1. The lowest BCUT2D eigenvalue weighted by atomic mass is 10.1. The van der Waals surface area contributed by atoms with Crippen LogP contribution in [0.5, 0.6) is 5.75 Å².